The first-order valence-electron chi connectivity index (χ1n) is 7.16. The maximum atomic E-state index is 12.8. The van der Waals surface area contributed by atoms with E-state index in [9.17, 15) is 14.7 Å². The third-order valence-corrected chi connectivity index (χ3v) is 5.05. The van der Waals surface area contributed by atoms with Gasteiger partial charge in [-0.2, -0.15) is 0 Å². The molecule has 3 rings (SSSR count). The van der Waals surface area contributed by atoms with Gasteiger partial charge in [0.1, 0.15) is 0 Å². The third-order valence-electron chi connectivity index (χ3n) is 4.81. The van der Waals surface area contributed by atoms with Gasteiger partial charge in [-0.3, -0.25) is 9.59 Å². The van der Waals surface area contributed by atoms with Gasteiger partial charge in [-0.1, -0.05) is 23.7 Å². The molecule has 1 atom stereocenters. The first kappa shape index (κ1) is 14.4. The molecule has 2 fully saturated rings. The molecule has 1 heterocycles. The van der Waals surface area contributed by atoms with Gasteiger partial charge in [0.25, 0.3) is 0 Å². The van der Waals surface area contributed by atoms with E-state index >= 15 is 0 Å². The summed E-state index contributed by atoms with van der Waals surface area (Å²) in [6.07, 6.45) is 2.14. The van der Waals surface area contributed by atoms with Gasteiger partial charge in [-0.25, -0.2) is 0 Å². The number of halogens is 1. The Hall–Kier alpha value is -1.55. The summed E-state index contributed by atoms with van der Waals surface area (Å²) >= 11 is 6.03. The molecule has 21 heavy (non-hydrogen) atoms. The van der Waals surface area contributed by atoms with Gasteiger partial charge in [0.05, 0.1) is 10.8 Å². The molecule has 1 saturated carbocycles. The molecule has 1 aliphatic heterocycles. The van der Waals surface area contributed by atoms with Gasteiger partial charge in [0, 0.05) is 18.1 Å². The SMILES string of the molecule is C[C@]1(C(=O)O)CCN(C(=O)C2(c3cccc(Cl)c3)CC2)C1. The standard InChI is InChI=1S/C16H18ClNO3/c1-15(14(20)21)7-8-18(10-15)13(19)16(5-6-16)11-3-2-4-12(17)9-11/h2-4,9H,5-8,10H2,1H3,(H,20,21)/t15-/m0/s1. The summed E-state index contributed by atoms with van der Waals surface area (Å²) in [5.41, 5.74) is -0.349. The number of hydrogen-bond acceptors (Lipinski definition) is 2. The lowest BCUT2D eigenvalue weighted by molar-refractivity contribution is -0.147. The number of likely N-dealkylation sites (tertiary alicyclic amines) is 1. The zero-order chi connectivity index (χ0) is 15.3. The Morgan fingerprint density at radius 3 is 2.52 bits per heavy atom. The van der Waals surface area contributed by atoms with Crippen LogP contribution < -0.4 is 0 Å². The number of carbonyl (C=O) groups is 2. The maximum absolute atomic E-state index is 12.8. The van der Waals surface area contributed by atoms with E-state index < -0.39 is 16.8 Å². The van der Waals surface area contributed by atoms with Crippen LogP contribution >= 0.6 is 11.6 Å². The second-order valence-electron chi connectivity index (χ2n) is 6.43. The molecule has 1 amide bonds. The lowest BCUT2D eigenvalue weighted by atomic mass is 9.90. The summed E-state index contributed by atoms with van der Waals surface area (Å²) in [6, 6.07) is 7.43. The highest BCUT2D eigenvalue weighted by Crippen LogP contribution is 2.51. The van der Waals surface area contributed by atoms with E-state index in [4.69, 9.17) is 11.6 Å². The van der Waals surface area contributed by atoms with Gasteiger partial charge >= 0.3 is 5.97 Å². The van der Waals surface area contributed by atoms with Crippen molar-refractivity contribution in [3.63, 3.8) is 0 Å². The molecule has 0 unspecified atom stereocenters. The Kier molecular flexibility index (Phi) is 3.24. The molecule has 1 N–H and O–H groups in total. The molecule has 0 radical (unpaired) electrons. The predicted octanol–water partition coefficient (Wildman–Crippen LogP) is 2.69. The fraction of sp³-hybridized carbons (Fsp3) is 0.500. The number of amides is 1. The number of carboxylic acids is 1. The average Bonchev–Trinajstić information content (AvgIpc) is 3.15. The first-order valence-corrected chi connectivity index (χ1v) is 7.54. The van der Waals surface area contributed by atoms with Crippen molar-refractivity contribution in [1.29, 1.82) is 0 Å². The van der Waals surface area contributed by atoms with E-state index in [1.54, 1.807) is 17.9 Å². The van der Waals surface area contributed by atoms with Crippen LogP contribution in [-0.4, -0.2) is 35.0 Å². The number of carboxylic acid groups (broad SMARTS) is 1. The van der Waals surface area contributed by atoms with Crippen LogP contribution in [0.1, 0.15) is 31.7 Å². The Bertz CT molecular complexity index is 611. The zero-order valence-electron chi connectivity index (χ0n) is 11.9. The molecule has 4 nitrogen and oxygen atoms in total. The first-order chi connectivity index (χ1) is 9.87. The minimum absolute atomic E-state index is 0.0507. The minimum Gasteiger partial charge on any atom is -0.481 e. The Balaban J connectivity index is 1.82. The Morgan fingerprint density at radius 1 is 1.29 bits per heavy atom. The number of rotatable bonds is 3. The minimum atomic E-state index is -0.828. The van der Waals surface area contributed by atoms with Gasteiger partial charge in [0.2, 0.25) is 5.91 Å². The van der Waals surface area contributed by atoms with E-state index in [0.29, 0.717) is 24.5 Å². The topological polar surface area (TPSA) is 57.6 Å². The largest absolute Gasteiger partial charge is 0.481 e. The molecule has 1 aliphatic carbocycles. The molecule has 1 saturated heterocycles. The van der Waals surface area contributed by atoms with Crippen LogP contribution in [0.2, 0.25) is 5.02 Å². The van der Waals surface area contributed by atoms with Crippen molar-refractivity contribution in [3.8, 4) is 0 Å². The molecule has 1 aromatic carbocycles. The van der Waals surface area contributed by atoms with Crippen LogP contribution in [0.4, 0.5) is 0 Å². The van der Waals surface area contributed by atoms with E-state index in [2.05, 4.69) is 0 Å². The lowest BCUT2D eigenvalue weighted by Crippen LogP contribution is -2.40. The molecule has 2 aliphatic rings. The number of aliphatic carboxylic acids is 1. The summed E-state index contributed by atoms with van der Waals surface area (Å²) in [5, 5.41) is 9.92. The quantitative estimate of drug-likeness (QED) is 0.934. The highest BCUT2D eigenvalue weighted by Gasteiger charge is 2.55. The maximum Gasteiger partial charge on any atom is 0.311 e. The second kappa shape index (κ2) is 4.73. The van der Waals surface area contributed by atoms with E-state index in [-0.39, 0.29) is 5.91 Å². The van der Waals surface area contributed by atoms with Gasteiger partial charge in [-0.15, -0.1) is 0 Å². The second-order valence-corrected chi connectivity index (χ2v) is 6.87. The van der Waals surface area contributed by atoms with Crippen LogP contribution in [0, 0.1) is 5.41 Å². The summed E-state index contributed by atoms with van der Waals surface area (Å²) < 4.78 is 0. The molecular formula is C16H18ClNO3. The molecule has 1 aromatic rings. The van der Waals surface area contributed by atoms with Crippen molar-refractivity contribution < 1.29 is 14.7 Å². The highest BCUT2D eigenvalue weighted by molar-refractivity contribution is 6.30. The molecule has 0 bridgehead atoms. The highest BCUT2D eigenvalue weighted by atomic mass is 35.5. The Labute approximate surface area is 128 Å². The van der Waals surface area contributed by atoms with Crippen molar-refractivity contribution in [2.75, 3.05) is 13.1 Å². The molecule has 0 spiro atoms. The van der Waals surface area contributed by atoms with Crippen molar-refractivity contribution >= 4 is 23.5 Å². The van der Waals surface area contributed by atoms with Gasteiger partial charge in [0.15, 0.2) is 0 Å². The van der Waals surface area contributed by atoms with Crippen LogP contribution in [0.3, 0.4) is 0 Å². The average molecular weight is 308 g/mol. The van der Waals surface area contributed by atoms with E-state index in [1.165, 1.54) is 0 Å². The molecular weight excluding hydrogens is 290 g/mol. The van der Waals surface area contributed by atoms with Crippen LogP contribution in [0.25, 0.3) is 0 Å². The van der Waals surface area contributed by atoms with Crippen LogP contribution in [0.5, 0.6) is 0 Å². The number of nitrogens with zero attached hydrogens (tertiary/aromatic N) is 1. The van der Waals surface area contributed by atoms with Crippen LogP contribution in [0.15, 0.2) is 24.3 Å². The molecule has 5 heteroatoms. The third kappa shape index (κ3) is 2.31. The summed E-state index contributed by atoms with van der Waals surface area (Å²) in [4.78, 5) is 25.9. The lowest BCUT2D eigenvalue weighted by Gasteiger charge is -2.25. The van der Waals surface area contributed by atoms with E-state index in [1.807, 2.05) is 18.2 Å². The van der Waals surface area contributed by atoms with E-state index in [0.717, 1.165) is 18.4 Å². The van der Waals surface area contributed by atoms with Crippen LogP contribution in [-0.2, 0) is 15.0 Å². The summed E-state index contributed by atoms with van der Waals surface area (Å²) in [5.74, 6) is -0.778. The fourth-order valence-electron chi connectivity index (χ4n) is 3.15. The molecule has 112 valence electrons. The van der Waals surface area contributed by atoms with Crippen molar-refractivity contribution in [1.82, 2.24) is 4.90 Å². The monoisotopic (exact) mass is 307 g/mol. The van der Waals surface area contributed by atoms with Crippen molar-refractivity contribution in [2.24, 2.45) is 5.41 Å². The predicted molar refractivity (Wildman–Crippen MR) is 79.3 cm³/mol. The smallest absolute Gasteiger partial charge is 0.311 e. The summed E-state index contributed by atoms with van der Waals surface area (Å²) in [6.45, 7) is 2.52. The van der Waals surface area contributed by atoms with Crippen molar-refractivity contribution in [3.05, 3.63) is 34.9 Å². The number of carbonyl (C=O) groups excluding carboxylic acids is 1. The normalized spacial score (nSPS) is 26.7. The number of hydrogen-bond donors (Lipinski definition) is 1. The molecule has 0 aromatic heterocycles. The zero-order valence-corrected chi connectivity index (χ0v) is 12.7. The Morgan fingerprint density at radius 2 is 2.00 bits per heavy atom. The van der Waals surface area contributed by atoms with Crippen molar-refractivity contribution in [2.45, 2.75) is 31.6 Å². The fourth-order valence-corrected chi connectivity index (χ4v) is 3.34. The summed E-state index contributed by atoms with van der Waals surface area (Å²) in [7, 11) is 0. The van der Waals surface area contributed by atoms with Gasteiger partial charge < -0.3 is 10.0 Å². The van der Waals surface area contributed by atoms with Gasteiger partial charge in [-0.05, 0) is 43.9 Å². The number of benzene rings is 1.